The molecular weight excluding hydrogens is 290 g/mol. The topological polar surface area (TPSA) is 50.4 Å². The first-order chi connectivity index (χ1) is 10.5. The van der Waals surface area contributed by atoms with Gasteiger partial charge >= 0.3 is 0 Å². The van der Waals surface area contributed by atoms with Crippen LogP contribution in [0.2, 0.25) is 0 Å². The molecule has 0 saturated heterocycles. The van der Waals surface area contributed by atoms with Gasteiger partial charge in [-0.3, -0.25) is 4.99 Å². The fourth-order valence-corrected chi connectivity index (χ4v) is 3.23. The van der Waals surface area contributed by atoms with E-state index in [1.54, 1.807) is 11.3 Å². The third kappa shape index (κ3) is 4.60. The number of nitrogens with one attached hydrogen (secondary N) is 1. The van der Waals surface area contributed by atoms with Crippen LogP contribution in [0.25, 0.3) is 0 Å². The zero-order chi connectivity index (χ0) is 16.0. The second-order valence-electron chi connectivity index (χ2n) is 6.16. The summed E-state index contributed by atoms with van der Waals surface area (Å²) in [5.74, 6) is 0.526. The maximum Gasteiger partial charge on any atom is 0.188 e. The van der Waals surface area contributed by atoms with Gasteiger partial charge in [-0.05, 0) is 35.9 Å². The van der Waals surface area contributed by atoms with Crippen LogP contribution in [-0.4, -0.2) is 19.0 Å². The zero-order valence-corrected chi connectivity index (χ0v) is 14.4. The monoisotopic (exact) mass is 315 g/mol. The molecule has 22 heavy (non-hydrogen) atoms. The molecule has 1 heterocycles. The fraction of sp³-hybridized carbons (Fsp3) is 0.389. The van der Waals surface area contributed by atoms with Crippen LogP contribution >= 0.6 is 11.3 Å². The summed E-state index contributed by atoms with van der Waals surface area (Å²) in [7, 11) is 0. The standard InChI is InChI=1S/C18H25N3S/c1-14-7-4-5-9-16(14)18(2,3)13-21-17(19)20-11-10-15-8-6-12-22-15/h4-9,12H,10-11,13H2,1-3H3,(H3,19,20,21). The third-order valence-electron chi connectivity index (χ3n) is 3.78. The fourth-order valence-electron chi connectivity index (χ4n) is 2.52. The Morgan fingerprint density at radius 2 is 2.00 bits per heavy atom. The molecule has 0 atom stereocenters. The Kier molecular flexibility index (Phi) is 5.61. The molecule has 2 aromatic rings. The third-order valence-corrected chi connectivity index (χ3v) is 4.71. The minimum atomic E-state index is -0.0224. The Balaban J connectivity index is 1.88. The second kappa shape index (κ2) is 7.45. The lowest BCUT2D eigenvalue weighted by atomic mass is 9.82. The number of nitrogens with two attached hydrogens (primary N) is 1. The van der Waals surface area contributed by atoms with Gasteiger partial charge in [0.25, 0.3) is 0 Å². The van der Waals surface area contributed by atoms with E-state index in [0.29, 0.717) is 12.5 Å². The predicted octanol–water partition coefficient (Wildman–Crippen LogP) is 3.48. The number of aliphatic imine (C=N–C) groups is 1. The van der Waals surface area contributed by atoms with Crippen LogP contribution in [0.3, 0.4) is 0 Å². The molecule has 0 fully saturated rings. The number of aryl methyl sites for hydroxylation is 1. The molecule has 3 nitrogen and oxygen atoms in total. The first-order valence-corrected chi connectivity index (χ1v) is 8.49. The highest BCUT2D eigenvalue weighted by Gasteiger charge is 2.21. The van der Waals surface area contributed by atoms with Gasteiger partial charge in [-0.15, -0.1) is 11.3 Å². The first-order valence-electron chi connectivity index (χ1n) is 7.61. The van der Waals surface area contributed by atoms with Crippen molar-refractivity contribution in [1.82, 2.24) is 5.32 Å². The number of rotatable bonds is 6. The van der Waals surface area contributed by atoms with Gasteiger partial charge in [0.15, 0.2) is 5.96 Å². The molecule has 0 bridgehead atoms. The SMILES string of the molecule is Cc1ccccc1C(C)(C)CN=C(N)NCCc1cccs1. The Morgan fingerprint density at radius 1 is 1.23 bits per heavy atom. The molecule has 1 aromatic carbocycles. The Bertz CT molecular complexity index is 615. The van der Waals surface area contributed by atoms with E-state index in [9.17, 15) is 0 Å². The van der Waals surface area contributed by atoms with Crippen LogP contribution in [-0.2, 0) is 11.8 Å². The van der Waals surface area contributed by atoms with Gasteiger partial charge in [-0.25, -0.2) is 0 Å². The van der Waals surface area contributed by atoms with Gasteiger partial charge in [0.1, 0.15) is 0 Å². The van der Waals surface area contributed by atoms with Crippen molar-refractivity contribution in [1.29, 1.82) is 0 Å². The van der Waals surface area contributed by atoms with Crippen LogP contribution < -0.4 is 11.1 Å². The minimum Gasteiger partial charge on any atom is -0.370 e. The Hall–Kier alpha value is -1.81. The molecule has 0 amide bonds. The van der Waals surface area contributed by atoms with E-state index in [4.69, 9.17) is 5.73 Å². The number of benzene rings is 1. The van der Waals surface area contributed by atoms with Crippen LogP contribution in [0.5, 0.6) is 0 Å². The van der Waals surface area contributed by atoms with Gasteiger partial charge in [-0.1, -0.05) is 44.2 Å². The molecule has 1 aromatic heterocycles. The summed E-state index contributed by atoms with van der Waals surface area (Å²) in [5, 5.41) is 5.29. The molecule has 0 aliphatic heterocycles. The van der Waals surface area contributed by atoms with Gasteiger partial charge in [0, 0.05) is 16.8 Å². The van der Waals surface area contributed by atoms with Crippen molar-refractivity contribution in [3.05, 3.63) is 57.8 Å². The van der Waals surface area contributed by atoms with Crippen LogP contribution in [0.1, 0.15) is 29.9 Å². The van der Waals surface area contributed by atoms with Crippen molar-refractivity contribution in [3.63, 3.8) is 0 Å². The molecule has 0 aliphatic carbocycles. The Morgan fingerprint density at radius 3 is 2.68 bits per heavy atom. The number of nitrogens with zero attached hydrogens (tertiary/aromatic N) is 1. The lowest BCUT2D eigenvalue weighted by Crippen LogP contribution is -2.35. The smallest absolute Gasteiger partial charge is 0.188 e. The first kappa shape index (κ1) is 16.6. The van der Waals surface area contributed by atoms with E-state index in [1.807, 2.05) is 0 Å². The van der Waals surface area contributed by atoms with Crippen molar-refractivity contribution in [3.8, 4) is 0 Å². The van der Waals surface area contributed by atoms with Gasteiger partial charge < -0.3 is 11.1 Å². The van der Waals surface area contributed by atoms with E-state index >= 15 is 0 Å². The molecule has 3 N–H and O–H groups in total. The molecule has 4 heteroatoms. The molecule has 0 aliphatic rings. The maximum atomic E-state index is 5.98. The molecule has 0 spiro atoms. The van der Waals surface area contributed by atoms with Crippen LogP contribution in [0, 0.1) is 6.92 Å². The molecule has 0 radical (unpaired) electrons. The molecule has 2 rings (SSSR count). The van der Waals surface area contributed by atoms with Crippen molar-refractivity contribution in [2.24, 2.45) is 10.7 Å². The number of hydrogen-bond acceptors (Lipinski definition) is 2. The number of guanidine groups is 1. The normalized spacial score (nSPS) is 12.4. The predicted molar refractivity (Wildman–Crippen MR) is 96.7 cm³/mol. The summed E-state index contributed by atoms with van der Waals surface area (Å²) in [6, 6.07) is 12.7. The highest BCUT2D eigenvalue weighted by Crippen LogP contribution is 2.26. The van der Waals surface area contributed by atoms with Crippen molar-refractivity contribution in [2.45, 2.75) is 32.6 Å². The van der Waals surface area contributed by atoms with Crippen LogP contribution in [0.15, 0.2) is 46.8 Å². The van der Waals surface area contributed by atoms with Crippen molar-refractivity contribution in [2.75, 3.05) is 13.1 Å². The van der Waals surface area contributed by atoms with Gasteiger partial charge in [0.2, 0.25) is 0 Å². The molecular formula is C18H25N3S. The zero-order valence-electron chi connectivity index (χ0n) is 13.6. The molecule has 118 valence electrons. The highest BCUT2D eigenvalue weighted by atomic mass is 32.1. The van der Waals surface area contributed by atoms with Crippen molar-refractivity contribution < 1.29 is 0 Å². The van der Waals surface area contributed by atoms with E-state index in [0.717, 1.165) is 13.0 Å². The van der Waals surface area contributed by atoms with E-state index < -0.39 is 0 Å². The van der Waals surface area contributed by atoms with E-state index in [1.165, 1.54) is 16.0 Å². The average molecular weight is 315 g/mol. The second-order valence-corrected chi connectivity index (χ2v) is 7.19. The number of thiophene rings is 1. The average Bonchev–Trinajstić information content (AvgIpc) is 2.99. The summed E-state index contributed by atoms with van der Waals surface area (Å²) in [5.41, 5.74) is 8.58. The van der Waals surface area contributed by atoms with Gasteiger partial charge in [-0.2, -0.15) is 0 Å². The molecule has 0 saturated carbocycles. The van der Waals surface area contributed by atoms with Crippen LogP contribution in [0.4, 0.5) is 0 Å². The molecule has 0 unspecified atom stereocenters. The number of hydrogen-bond donors (Lipinski definition) is 2. The summed E-state index contributed by atoms with van der Waals surface area (Å²) >= 11 is 1.77. The summed E-state index contributed by atoms with van der Waals surface area (Å²) in [4.78, 5) is 5.88. The maximum absolute atomic E-state index is 5.98. The lowest BCUT2D eigenvalue weighted by molar-refractivity contribution is 0.535. The Labute approximate surface area is 137 Å². The van der Waals surface area contributed by atoms with E-state index in [-0.39, 0.29) is 5.41 Å². The van der Waals surface area contributed by atoms with E-state index in [2.05, 4.69) is 72.9 Å². The quantitative estimate of drug-likeness (QED) is 0.633. The highest BCUT2D eigenvalue weighted by molar-refractivity contribution is 7.09. The lowest BCUT2D eigenvalue weighted by Gasteiger charge is -2.25. The minimum absolute atomic E-state index is 0.0224. The van der Waals surface area contributed by atoms with Crippen molar-refractivity contribution >= 4 is 17.3 Å². The largest absolute Gasteiger partial charge is 0.370 e. The van der Waals surface area contributed by atoms with Gasteiger partial charge in [0.05, 0.1) is 6.54 Å². The summed E-state index contributed by atoms with van der Waals surface area (Å²) in [6.07, 6.45) is 0.981. The summed E-state index contributed by atoms with van der Waals surface area (Å²) < 4.78 is 0. The summed E-state index contributed by atoms with van der Waals surface area (Å²) in [6.45, 7) is 8.05.